The van der Waals surface area contributed by atoms with Crippen LogP contribution in [0.1, 0.15) is 0 Å². The number of ether oxygens (including phenoxy) is 1. The highest BCUT2D eigenvalue weighted by molar-refractivity contribution is 7.72. The maximum absolute atomic E-state index is 8.90. The molecule has 0 aliphatic heterocycles. The van der Waals surface area contributed by atoms with Crippen molar-refractivity contribution in [1.82, 2.24) is 9.97 Å². The number of para-hydroxylation sites is 2. The van der Waals surface area contributed by atoms with E-state index in [4.69, 9.17) is 34.3 Å². The second-order valence-electron chi connectivity index (χ2n) is 3.77. The van der Waals surface area contributed by atoms with Gasteiger partial charge in [0.1, 0.15) is 16.2 Å². The summed E-state index contributed by atoms with van der Waals surface area (Å²) < 4.78 is 6.18. The van der Waals surface area contributed by atoms with Gasteiger partial charge in [0, 0.05) is 13.1 Å². The molecule has 1 heterocycles. The van der Waals surface area contributed by atoms with Crippen LogP contribution in [0.5, 0.6) is 5.75 Å². The summed E-state index contributed by atoms with van der Waals surface area (Å²) in [6.07, 6.45) is 0. The van der Waals surface area contributed by atoms with Gasteiger partial charge in [0.25, 0.3) is 0 Å². The first-order valence-electron chi connectivity index (χ1n) is 5.52. The number of rotatable bonds is 4. The zero-order valence-electron chi connectivity index (χ0n) is 10.2. The Balaban J connectivity index is 2.46. The SMILES string of the molecule is CN(c1cc(=S)[nH]c(=S)[nH]1)c1ccccc1OCO. The lowest BCUT2D eigenvalue weighted by Crippen LogP contribution is -2.13. The summed E-state index contributed by atoms with van der Waals surface area (Å²) in [7, 11) is 1.86. The molecule has 2 rings (SSSR count). The van der Waals surface area contributed by atoms with Gasteiger partial charge in [0.15, 0.2) is 11.6 Å². The molecule has 5 nitrogen and oxygen atoms in total. The molecule has 0 atom stereocenters. The van der Waals surface area contributed by atoms with Crippen molar-refractivity contribution in [2.75, 3.05) is 18.7 Å². The lowest BCUT2D eigenvalue weighted by Gasteiger charge is -2.21. The van der Waals surface area contributed by atoms with Gasteiger partial charge < -0.3 is 24.7 Å². The molecule has 1 aromatic heterocycles. The minimum absolute atomic E-state index is 0.379. The van der Waals surface area contributed by atoms with Crippen molar-refractivity contribution in [1.29, 1.82) is 0 Å². The number of nitrogens with one attached hydrogen (secondary N) is 2. The molecule has 0 radical (unpaired) electrons. The van der Waals surface area contributed by atoms with Gasteiger partial charge in [-0.3, -0.25) is 0 Å². The second-order valence-corrected chi connectivity index (χ2v) is 4.62. The van der Waals surface area contributed by atoms with E-state index in [-0.39, 0.29) is 6.79 Å². The number of hydrogen-bond donors (Lipinski definition) is 3. The van der Waals surface area contributed by atoms with Gasteiger partial charge in [-0.05, 0) is 24.4 Å². The molecule has 1 aromatic carbocycles. The Hall–Kier alpha value is -1.70. The first kappa shape index (κ1) is 13.7. The van der Waals surface area contributed by atoms with E-state index in [1.54, 1.807) is 12.1 Å². The number of H-pyrrole nitrogens is 2. The summed E-state index contributed by atoms with van der Waals surface area (Å²) in [5.41, 5.74) is 0.794. The lowest BCUT2D eigenvalue weighted by atomic mass is 10.2. The number of aromatic amines is 2. The second kappa shape index (κ2) is 5.96. The van der Waals surface area contributed by atoms with Gasteiger partial charge in [-0.25, -0.2) is 0 Å². The highest BCUT2D eigenvalue weighted by Crippen LogP contribution is 2.31. The molecule has 0 saturated carbocycles. The fourth-order valence-corrected chi connectivity index (χ4v) is 2.18. The Morgan fingerprint density at radius 1 is 1.26 bits per heavy atom. The van der Waals surface area contributed by atoms with Crippen LogP contribution in [-0.2, 0) is 0 Å². The third-order valence-corrected chi connectivity index (χ3v) is 2.98. The van der Waals surface area contributed by atoms with E-state index in [0.29, 0.717) is 15.2 Å². The largest absolute Gasteiger partial charge is 0.466 e. The molecule has 2 aromatic rings. The molecule has 0 bridgehead atoms. The van der Waals surface area contributed by atoms with Crippen LogP contribution in [0.25, 0.3) is 0 Å². The third-order valence-electron chi connectivity index (χ3n) is 2.55. The van der Waals surface area contributed by atoms with Crippen LogP contribution < -0.4 is 9.64 Å². The maximum Gasteiger partial charge on any atom is 0.186 e. The van der Waals surface area contributed by atoms with Gasteiger partial charge in [-0.15, -0.1) is 0 Å². The van der Waals surface area contributed by atoms with Crippen LogP contribution in [0, 0.1) is 9.41 Å². The fraction of sp³-hybridized carbons (Fsp3) is 0.167. The molecular weight excluding hydrogens is 282 g/mol. The summed E-state index contributed by atoms with van der Waals surface area (Å²) in [4.78, 5) is 7.70. The average molecular weight is 295 g/mol. The van der Waals surface area contributed by atoms with Gasteiger partial charge in [0.2, 0.25) is 0 Å². The van der Waals surface area contributed by atoms with E-state index in [2.05, 4.69) is 9.97 Å². The van der Waals surface area contributed by atoms with Crippen LogP contribution in [0.15, 0.2) is 30.3 Å². The number of hydrogen-bond acceptors (Lipinski definition) is 5. The molecule has 0 amide bonds. The predicted octanol–water partition coefficient (Wildman–Crippen LogP) is 2.90. The highest BCUT2D eigenvalue weighted by atomic mass is 32.1. The molecule has 0 fully saturated rings. The Bertz CT molecular complexity index is 653. The number of aliphatic hydroxyl groups is 1. The zero-order valence-corrected chi connectivity index (χ0v) is 11.8. The Morgan fingerprint density at radius 2 is 2.00 bits per heavy atom. The topological polar surface area (TPSA) is 64.3 Å². The number of nitrogens with zero attached hydrogens (tertiary/aromatic N) is 1. The quantitative estimate of drug-likeness (QED) is 0.598. The first-order chi connectivity index (χ1) is 9.11. The van der Waals surface area contributed by atoms with E-state index in [1.165, 1.54) is 0 Å². The number of anilines is 2. The number of aliphatic hydroxyl groups excluding tert-OH is 1. The average Bonchev–Trinajstić information content (AvgIpc) is 2.38. The molecule has 3 N–H and O–H groups in total. The Morgan fingerprint density at radius 3 is 2.68 bits per heavy atom. The van der Waals surface area contributed by atoms with Gasteiger partial charge in [-0.1, -0.05) is 24.4 Å². The van der Waals surface area contributed by atoms with Crippen molar-refractivity contribution in [3.05, 3.63) is 39.7 Å². The normalized spacial score (nSPS) is 10.2. The predicted molar refractivity (Wildman–Crippen MR) is 79.0 cm³/mol. The van der Waals surface area contributed by atoms with Crippen molar-refractivity contribution in [2.45, 2.75) is 0 Å². The first-order valence-corrected chi connectivity index (χ1v) is 6.33. The van der Waals surface area contributed by atoms with Crippen molar-refractivity contribution in [3.63, 3.8) is 0 Å². The van der Waals surface area contributed by atoms with Crippen molar-refractivity contribution in [3.8, 4) is 5.75 Å². The summed E-state index contributed by atoms with van der Waals surface area (Å²) in [6.45, 7) is -0.379. The molecule has 0 spiro atoms. The molecular formula is C12H13N3O2S2. The fourth-order valence-electron chi connectivity index (χ4n) is 1.69. The molecule has 0 unspecified atom stereocenters. The molecule has 0 saturated heterocycles. The zero-order chi connectivity index (χ0) is 13.8. The summed E-state index contributed by atoms with van der Waals surface area (Å²) >= 11 is 10.2. The monoisotopic (exact) mass is 295 g/mol. The van der Waals surface area contributed by atoms with Crippen LogP contribution in [-0.4, -0.2) is 28.9 Å². The van der Waals surface area contributed by atoms with Crippen LogP contribution >= 0.6 is 24.4 Å². The summed E-state index contributed by atoms with van der Waals surface area (Å²) in [6, 6.07) is 9.14. The summed E-state index contributed by atoms with van der Waals surface area (Å²) in [5.74, 6) is 1.31. The highest BCUT2D eigenvalue weighted by Gasteiger charge is 2.10. The van der Waals surface area contributed by atoms with Crippen LogP contribution in [0.4, 0.5) is 11.5 Å². The van der Waals surface area contributed by atoms with E-state index >= 15 is 0 Å². The minimum Gasteiger partial charge on any atom is -0.466 e. The van der Waals surface area contributed by atoms with E-state index in [1.807, 2.05) is 30.1 Å². The van der Waals surface area contributed by atoms with E-state index in [9.17, 15) is 0 Å². The molecule has 0 aliphatic rings. The molecule has 19 heavy (non-hydrogen) atoms. The Labute approximate surface area is 120 Å². The van der Waals surface area contributed by atoms with E-state index in [0.717, 1.165) is 11.5 Å². The number of aromatic nitrogens is 2. The van der Waals surface area contributed by atoms with Crippen LogP contribution in [0.2, 0.25) is 0 Å². The van der Waals surface area contributed by atoms with Crippen molar-refractivity contribution >= 4 is 35.9 Å². The minimum atomic E-state index is -0.379. The molecule has 100 valence electrons. The third kappa shape index (κ3) is 3.19. The van der Waals surface area contributed by atoms with Crippen LogP contribution in [0.3, 0.4) is 0 Å². The van der Waals surface area contributed by atoms with Gasteiger partial charge in [0.05, 0.1) is 5.69 Å². The van der Waals surface area contributed by atoms with Gasteiger partial charge >= 0.3 is 0 Å². The molecule has 0 aliphatic carbocycles. The summed E-state index contributed by atoms with van der Waals surface area (Å²) in [5, 5.41) is 8.90. The molecule has 7 heteroatoms. The van der Waals surface area contributed by atoms with E-state index < -0.39 is 0 Å². The standard InChI is InChI=1S/C12H13N3O2S2/c1-15(10-6-11(18)14-12(19)13-10)8-4-2-3-5-9(8)17-7-16/h2-6,16H,7H2,1H3,(H2,13,14,18,19). The van der Waals surface area contributed by atoms with Crippen molar-refractivity contribution in [2.24, 2.45) is 0 Å². The number of benzene rings is 1. The maximum atomic E-state index is 8.90. The lowest BCUT2D eigenvalue weighted by molar-refractivity contribution is 0.0990. The van der Waals surface area contributed by atoms with Crippen molar-refractivity contribution < 1.29 is 9.84 Å². The van der Waals surface area contributed by atoms with Gasteiger partial charge in [-0.2, -0.15) is 0 Å². The smallest absolute Gasteiger partial charge is 0.186 e. The Kier molecular flexibility index (Phi) is 4.31.